The lowest BCUT2D eigenvalue weighted by Gasteiger charge is -2.13. The number of nitrogens with zero attached hydrogens (tertiary/aromatic N) is 2. The smallest absolute Gasteiger partial charge is 0.127 e. The molecule has 0 aliphatic heterocycles. The lowest BCUT2D eigenvalue weighted by Crippen LogP contribution is -2.09. The van der Waals surface area contributed by atoms with E-state index in [2.05, 4.69) is 25.3 Å². The number of imidazole rings is 1. The van der Waals surface area contributed by atoms with Crippen molar-refractivity contribution >= 4 is 5.82 Å². The number of hydrogen-bond acceptors (Lipinski definition) is 2. The summed E-state index contributed by atoms with van der Waals surface area (Å²) in [7, 11) is 0. The van der Waals surface area contributed by atoms with E-state index >= 15 is 0 Å². The first-order chi connectivity index (χ1) is 9.15. The van der Waals surface area contributed by atoms with E-state index in [1.807, 2.05) is 0 Å². The fraction of sp³-hybridized carbons (Fsp3) is 0.812. The molecular weight excluding hydrogens is 234 g/mol. The Morgan fingerprint density at radius 3 is 2.37 bits per heavy atom. The molecule has 1 saturated carbocycles. The molecule has 0 spiro atoms. The van der Waals surface area contributed by atoms with Crippen molar-refractivity contribution in [3.8, 4) is 0 Å². The topological polar surface area (TPSA) is 43.8 Å². The number of nitrogen functional groups attached to an aromatic ring is 1. The van der Waals surface area contributed by atoms with Gasteiger partial charge < -0.3 is 10.3 Å². The standard InChI is InChI=1S/C16H29N3/c1-4-11-19-15(17)14(18-16(19)12(2)3)13-9-7-5-6-8-10-13/h12-13H,4-11,17H2,1-3H3. The largest absolute Gasteiger partial charge is 0.384 e. The molecule has 3 nitrogen and oxygen atoms in total. The Balaban J connectivity index is 2.31. The van der Waals surface area contributed by atoms with Gasteiger partial charge in [0.05, 0.1) is 5.69 Å². The lowest BCUT2D eigenvalue weighted by atomic mass is 9.96. The molecule has 0 atom stereocenters. The van der Waals surface area contributed by atoms with E-state index in [4.69, 9.17) is 10.7 Å². The van der Waals surface area contributed by atoms with Crippen molar-refractivity contribution in [1.82, 2.24) is 9.55 Å². The average Bonchev–Trinajstić information content (AvgIpc) is 2.58. The maximum atomic E-state index is 6.41. The second-order valence-corrected chi connectivity index (χ2v) is 6.24. The van der Waals surface area contributed by atoms with Gasteiger partial charge in [0.2, 0.25) is 0 Å². The summed E-state index contributed by atoms with van der Waals surface area (Å²) in [5.41, 5.74) is 7.60. The zero-order chi connectivity index (χ0) is 13.8. The van der Waals surface area contributed by atoms with Gasteiger partial charge in [-0.1, -0.05) is 46.5 Å². The van der Waals surface area contributed by atoms with Gasteiger partial charge in [-0.05, 0) is 19.3 Å². The summed E-state index contributed by atoms with van der Waals surface area (Å²) in [6, 6.07) is 0. The van der Waals surface area contributed by atoms with Crippen LogP contribution in [0.25, 0.3) is 0 Å². The van der Waals surface area contributed by atoms with Gasteiger partial charge >= 0.3 is 0 Å². The number of rotatable bonds is 4. The van der Waals surface area contributed by atoms with Crippen LogP contribution in [0.5, 0.6) is 0 Å². The Labute approximate surface area is 117 Å². The highest BCUT2D eigenvalue weighted by Gasteiger charge is 2.24. The van der Waals surface area contributed by atoms with E-state index in [1.165, 1.54) is 50.0 Å². The first kappa shape index (κ1) is 14.4. The van der Waals surface area contributed by atoms with Gasteiger partial charge in [-0.15, -0.1) is 0 Å². The molecule has 2 N–H and O–H groups in total. The third-order valence-corrected chi connectivity index (χ3v) is 4.27. The quantitative estimate of drug-likeness (QED) is 0.816. The molecule has 1 aromatic rings. The zero-order valence-electron chi connectivity index (χ0n) is 12.8. The molecule has 3 heteroatoms. The fourth-order valence-corrected chi connectivity index (χ4v) is 3.26. The summed E-state index contributed by atoms with van der Waals surface area (Å²) in [5, 5.41) is 0. The Morgan fingerprint density at radius 1 is 1.21 bits per heavy atom. The minimum absolute atomic E-state index is 0.452. The van der Waals surface area contributed by atoms with Crippen LogP contribution in [0.3, 0.4) is 0 Å². The normalized spacial score (nSPS) is 17.9. The van der Waals surface area contributed by atoms with Crippen LogP contribution in [0, 0.1) is 0 Å². The third-order valence-electron chi connectivity index (χ3n) is 4.27. The zero-order valence-corrected chi connectivity index (χ0v) is 12.8. The van der Waals surface area contributed by atoms with E-state index in [0.29, 0.717) is 11.8 Å². The van der Waals surface area contributed by atoms with Crippen LogP contribution in [0.15, 0.2) is 0 Å². The lowest BCUT2D eigenvalue weighted by molar-refractivity contribution is 0.579. The van der Waals surface area contributed by atoms with Crippen molar-refractivity contribution in [3.05, 3.63) is 11.5 Å². The SMILES string of the molecule is CCCn1c(C(C)C)nc(C2CCCCCC2)c1N. The maximum Gasteiger partial charge on any atom is 0.127 e. The van der Waals surface area contributed by atoms with Crippen molar-refractivity contribution in [2.45, 2.75) is 84.1 Å². The summed E-state index contributed by atoms with van der Waals surface area (Å²) in [4.78, 5) is 4.93. The highest BCUT2D eigenvalue weighted by atomic mass is 15.1. The predicted octanol–water partition coefficient (Wildman–Crippen LogP) is 4.44. The van der Waals surface area contributed by atoms with Crippen molar-refractivity contribution in [2.24, 2.45) is 0 Å². The average molecular weight is 263 g/mol. The summed E-state index contributed by atoms with van der Waals surface area (Å²) in [6.45, 7) is 7.63. The molecule has 108 valence electrons. The van der Waals surface area contributed by atoms with Crippen LogP contribution in [-0.4, -0.2) is 9.55 Å². The van der Waals surface area contributed by atoms with Gasteiger partial charge in [-0.25, -0.2) is 4.98 Å². The first-order valence-electron chi connectivity index (χ1n) is 8.00. The molecule has 0 radical (unpaired) electrons. The van der Waals surface area contributed by atoms with Crippen LogP contribution >= 0.6 is 0 Å². The van der Waals surface area contributed by atoms with Gasteiger partial charge in [-0.3, -0.25) is 0 Å². The Hall–Kier alpha value is -0.990. The van der Waals surface area contributed by atoms with Crippen LogP contribution in [0.4, 0.5) is 5.82 Å². The van der Waals surface area contributed by atoms with Crippen molar-refractivity contribution < 1.29 is 0 Å². The molecule has 0 amide bonds. The van der Waals surface area contributed by atoms with Crippen LogP contribution in [0.2, 0.25) is 0 Å². The monoisotopic (exact) mass is 263 g/mol. The van der Waals surface area contributed by atoms with Gasteiger partial charge in [-0.2, -0.15) is 0 Å². The Morgan fingerprint density at radius 2 is 1.84 bits per heavy atom. The van der Waals surface area contributed by atoms with E-state index in [0.717, 1.165) is 18.8 Å². The van der Waals surface area contributed by atoms with Gasteiger partial charge in [0.1, 0.15) is 11.6 Å². The van der Waals surface area contributed by atoms with E-state index in [1.54, 1.807) is 0 Å². The molecule has 1 heterocycles. The second kappa shape index (κ2) is 6.44. The molecular formula is C16H29N3. The van der Waals surface area contributed by atoms with E-state index in [-0.39, 0.29) is 0 Å². The molecule has 1 aliphatic carbocycles. The molecule has 2 rings (SSSR count). The van der Waals surface area contributed by atoms with Crippen molar-refractivity contribution in [2.75, 3.05) is 5.73 Å². The van der Waals surface area contributed by atoms with E-state index < -0.39 is 0 Å². The van der Waals surface area contributed by atoms with Gasteiger partial charge in [0.25, 0.3) is 0 Å². The van der Waals surface area contributed by atoms with E-state index in [9.17, 15) is 0 Å². The summed E-state index contributed by atoms with van der Waals surface area (Å²) < 4.78 is 2.25. The van der Waals surface area contributed by atoms with Crippen LogP contribution in [0.1, 0.15) is 89.1 Å². The molecule has 1 aromatic heterocycles. The molecule has 19 heavy (non-hydrogen) atoms. The number of hydrogen-bond donors (Lipinski definition) is 1. The van der Waals surface area contributed by atoms with Gasteiger partial charge in [0.15, 0.2) is 0 Å². The molecule has 1 aliphatic rings. The number of anilines is 1. The molecule has 0 aromatic carbocycles. The highest BCUT2D eigenvalue weighted by molar-refractivity contribution is 5.41. The fourth-order valence-electron chi connectivity index (χ4n) is 3.26. The third kappa shape index (κ3) is 3.13. The molecule has 0 saturated heterocycles. The van der Waals surface area contributed by atoms with Crippen molar-refractivity contribution in [1.29, 1.82) is 0 Å². The molecule has 1 fully saturated rings. The summed E-state index contributed by atoms with van der Waals surface area (Å²) >= 11 is 0. The Kier molecular flexibility index (Phi) is 4.89. The van der Waals surface area contributed by atoms with Gasteiger partial charge in [0, 0.05) is 18.4 Å². The minimum atomic E-state index is 0.452. The Bertz CT molecular complexity index is 398. The number of aromatic nitrogens is 2. The number of nitrogens with two attached hydrogens (primary N) is 1. The molecule has 0 bridgehead atoms. The predicted molar refractivity (Wildman–Crippen MR) is 81.5 cm³/mol. The second-order valence-electron chi connectivity index (χ2n) is 6.24. The minimum Gasteiger partial charge on any atom is -0.384 e. The highest BCUT2D eigenvalue weighted by Crippen LogP contribution is 2.35. The summed E-state index contributed by atoms with van der Waals surface area (Å²) in [6.07, 6.45) is 9.08. The van der Waals surface area contributed by atoms with Crippen LogP contribution in [-0.2, 0) is 6.54 Å². The maximum absolute atomic E-state index is 6.41. The summed E-state index contributed by atoms with van der Waals surface area (Å²) in [5.74, 6) is 3.17. The first-order valence-corrected chi connectivity index (χ1v) is 8.00. The van der Waals surface area contributed by atoms with Crippen molar-refractivity contribution in [3.63, 3.8) is 0 Å². The van der Waals surface area contributed by atoms with Crippen LogP contribution < -0.4 is 5.73 Å². The molecule has 0 unspecified atom stereocenters.